The summed E-state index contributed by atoms with van der Waals surface area (Å²) in [5.41, 5.74) is 4.39. The molecule has 2 aromatic rings. The van der Waals surface area contributed by atoms with Crippen LogP contribution in [0.4, 0.5) is 0 Å². The van der Waals surface area contributed by atoms with Crippen LogP contribution in [0.3, 0.4) is 0 Å². The van der Waals surface area contributed by atoms with Gasteiger partial charge in [-0.15, -0.1) is 12.4 Å². The fraction of sp³-hybridized carbons (Fsp3) is 0.500. The molecule has 0 spiro atoms. The Kier molecular flexibility index (Phi) is 5.89. The number of piperidine rings is 1. The average Bonchev–Trinajstić information content (AvgIpc) is 3.00. The Bertz CT molecular complexity index is 818. The van der Waals surface area contributed by atoms with Crippen LogP contribution in [0.2, 0.25) is 0 Å². The van der Waals surface area contributed by atoms with Crippen LogP contribution in [0, 0.1) is 0 Å². The number of halogens is 1. The molecule has 0 saturated carbocycles. The highest BCUT2D eigenvalue weighted by Crippen LogP contribution is 2.42. The largest absolute Gasteiger partial charge is 0.425 e. The van der Waals surface area contributed by atoms with Gasteiger partial charge in [-0.05, 0) is 50.6 Å². The molecule has 0 bridgehead atoms. The van der Waals surface area contributed by atoms with Crippen molar-refractivity contribution in [2.45, 2.75) is 43.8 Å². The average molecular weight is 395 g/mol. The molecule has 140 valence electrons. The van der Waals surface area contributed by atoms with Crippen LogP contribution in [0.5, 0.6) is 5.75 Å². The second kappa shape index (κ2) is 7.98. The number of hydrogen-bond acceptors (Lipinski definition) is 6. The van der Waals surface area contributed by atoms with Crippen molar-refractivity contribution in [1.29, 1.82) is 0 Å². The van der Waals surface area contributed by atoms with Gasteiger partial charge in [-0.1, -0.05) is 11.8 Å². The molecule has 26 heavy (non-hydrogen) atoms. The first kappa shape index (κ1) is 19.2. The highest BCUT2D eigenvalue weighted by molar-refractivity contribution is 7.98. The lowest BCUT2D eigenvalue weighted by Crippen LogP contribution is -2.29. The predicted octanol–water partition coefficient (Wildman–Crippen LogP) is 3.04. The van der Waals surface area contributed by atoms with Gasteiger partial charge in [-0.25, -0.2) is 9.97 Å². The molecule has 6 nitrogen and oxygen atoms in total. The van der Waals surface area contributed by atoms with Crippen molar-refractivity contribution >= 4 is 30.1 Å². The van der Waals surface area contributed by atoms with E-state index in [4.69, 9.17) is 9.72 Å². The zero-order chi connectivity index (χ0) is 17.4. The lowest BCUT2D eigenvalue weighted by molar-refractivity contribution is -0.131. The van der Waals surface area contributed by atoms with E-state index < -0.39 is 0 Å². The van der Waals surface area contributed by atoms with Gasteiger partial charge in [0.2, 0.25) is 0 Å². The topological polar surface area (TPSA) is 69.0 Å². The Morgan fingerprint density at radius 2 is 2.12 bits per heavy atom. The van der Waals surface area contributed by atoms with E-state index in [-0.39, 0.29) is 18.4 Å². The molecule has 0 radical (unpaired) electrons. The van der Waals surface area contributed by atoms with E-state index in [1.807, 2.05) is 18.6 Å². The molecule has 0 atom stereocenters. The fourth-order valence-electron chi connectivity index (χ4n) is 3.80. The first-order valence-electron chi connectivity index (χ1n) is 8.70. The first-order chi connectivity index (χ1) is 12.2. The minimum absolute atomic E-state index is 0. The second-order valence-corrected chi connectivity index (χ2v) is 7.31. The molecule has 1 fully saturated rings. The Labute approximate surface area is 163 Å². The van der Waals surface area contributed by atoms with E-state index in [1.54, 1.807) is 11.8 Å². The molecular weight excluding hydrogens is 372 g/mol. The zero-order valence-corrected chi connectivity index (χ0v) is 16.6. The highest BCUT2D eigenvalue weighted by atomic mass is 35.5. The molecule has 1 aliphatic heterocycles. The van der Waals surface area contributed by atoms with E-state index in [0.29, 0.717) is 11.8 Å². The molecule has 0 unspecified atom stereocenters. The standard InChI is InChI=1S/C18H22N4O2S.ClH/c1-11(23)24-15-10-22(13-5-7-19-8-6-13)17-14(15)4-3-12-9-20-18(25-2)21-16(12)17;/h9-10,13,19H,3-8H2,1-2H3;1H. The quantitative estimate of drug-likeness (QED) is 0.490. The number of hydrogen-bond donors (Lipinski definition) is 1. The number of esters is 1. The van der Waals surface area contributed by atoms with Crippen molar-refractivity contribution in [2.24, 2.45) is 0 Å². The van der Waals surface area contributed by atoms with Gasteiger partial charge >= 0.3 is 5.97 Å². The van der Waals surface area contributed by atoms with E-state index in [1.165, 1.54) is 12.5 Å². The van der Waals surface area contributed by atoms with Gasteiger partial charge in [0.1, 0.15) is 0 Å². The van der Waals surface area contributed by atoms with Gasteiger partial charge in [0, 0.05) is 30.9 Å². The summed E-state index contributed by atoms with van der Waals surface area (Å²) < 4.78 is 7.83. The number of aromatic nitrogens is 3. The lowest BCUT2D eigenvalue weighted by atomic mass is 9.94. The molecule has 1 aliphatic carbocycles. The van der Waals surface area contributed by atoms with E-state index in [2.05, 4.69) is 14.9 Å². The molecule has 2 aliphatic rings. The number of nitrogens with zero attached hydrogens (tertiary/aromatic N) is 3. The van der Waals surface area contributed by atoms with Crippen molar-refractivity contribution in [2.75, 3.05) is 19.3 Å². The lowest BCUT2D eigenvalue weighted by Gasteiger charge is -2.27. The molecule has 2 aromatic heterocycles. The van der Waals surface area contributed by atoms with Crippen LogP contribution in [0.1, 0.15) is 36.9 Å². The second-order valence-electron chi connectivity index (χ2n) is 6.53. The van der Waals surface area contributed by atoms with Gasteiger partial charge in [0.05, 0.1) is 11.4 Å². The number of nitrogens with one attached hydrogen (secondary N) is 1. The third-order valence-corrected chi connectivity index (χ3v) is 5.51. The summed E-state index contributed by atoms with van der Waals surface area (Å²) in [5.74, 6) is 0.416. The van der Waals surface area contributed by atoms with Crippen molar-refractivity contribution in [3.8, 4) is 17.1 Å². The molecule has 1 saturated heterocycles. The van der Waals surface area contributed by atoms with Crippen LogP contribution in [0.25, 0.3) is 11.4 Å². The Balaban J connectivity index is 0.00000196. The Hall–Kier alpha value is -1.57. The third kappa shape index (κ3) is 3.48. The van der Waals surface area contributed by atoms with Gasteiger partial charge in [0.15, 0.2) is 10.9 Å². The van der Waals surface area contributed by atoms with Gasteiger partial charge in [-0.3, -0.25) is 4.79 Å². The van der Waals surface area contributed by atoms with Gasteiger partial charge in [0.25, 0.3) is 0 Å². The number of rotatable bonds is 3. The van der Waals surface area contributed by atoms with E-state index in [0.717, 1.165) is 60.9 Å². The summed E-state index contributed by atoms with van der Waals surface area (Å²) in [7, 11) is 0. The molecule has 4 rings (SSSR count). The number of fused-ring (bicyclic) bond motifs is 3. The zero-order valence-electron chi connectivity index (χ0n) is 14.9. The van der Waals surface area contributed by atoms with Crippen LogP contribution in [-0.2, 0) is 17.6 Å². The Morgan fingerprint density at radius 3 is 2.81 bits per heavy atom. The summed E-state index contributed by atoms with van der Waals surface area (Å²) >= 11 is 1.55. The highest BCUT2D eigenvalue weighted by Gasteiger charge is 2.30. The van der Waals surface area contributed by atoms with Gasteiger partial charge in [-0.2, -0.15) is 0 Å². The summed E-state index contributed by atoms with van der Waals surface area (Å²) in [5, 5.41) is 4.19. The van der Waals surface area contributed by atoms with Gasteiger partial charge < -0.3 is 14.6 Å². The molecule has 8 heteroatoms. The summed E-state index contributed by atoms with van der Waals surface area (Å²) in [6.07, 6.45) is 9.81. The van der Waals surface area contributed by atoms with Crippen LogP contribution < -0.4 is 10.1 Å². The number of aryl methyl sites for hydroxylation is 1. The maximum absolute atomic E-state index is 11.6. The molecule has 3 heterocycles. The van der Waals surface area contributed by atoms with E-state index in [9.17, 15) is 4.79 Å². The minimum atomic E-state index is -0.274. The summed E-state index contributed by atoms with van der Waals surface area (Å²) in [6.45, 7) is 3.47. The molecule has 0 amide bonds. The minimum Gasteiger partial charge on any atom is -0.425 e. The number of carbonyl (C=O) groups excluding carboxylic acids is 1. The number of thioether (sulfide) groups is 1. The SMILES string of the molecule is CSc1ncc2c(n1)-c1c(c(OC(C)=O)cn1C1CCNCC1)CC2.Cl. The maximum atomic E-state index is 11.6. The first-order valence-corrected chi connectivity index (χ1v) is 9.93. The monoisotopic (exact) mass is 394 g/mol. The van der Waals surface area contributed by atoms with Crippen LogP contribution in [-0.4, -0.2) is 39.8 Å². The maximum Gasteiger partial charge on any atom is 0.308 e. The third-order valence-electron chi connectivity index (χ3n) is 4.95. The number of carbonyl (C=O) groups is 1. The van der Waals surface area contributed by atoms with Crippen LogP contribution >= 0.6 is 24.2 Å². The fourth-order valence-corrected chi connectivity index (χ4v) is 4.14. The normalized spacial score (nSPS) is 16.4. The predicted molar refractivity (Wildman–Crippen MR) is 104 cm³/mol. The molecule has 0 aromatic carbocycles. The van der Waals surface area contributed by atoms with Crippen molar-refractivity contribution in [3.05, 3.63) is 23.5 Å². The van der Waals surface area contributed by atoms with Crippen LogP contribution in [0.15, 0.2) is 17.6 Å². The van der Waals surface area contributed by atoms with Crippen molar-refractivity contribution < 1.29 is 9.53 Å². The smallest absolute Gasteiger partial charge is 0.308 e. The molecule has 1 N–H and O–H groups in total. The Morgan fingerprint density at radius 1 is 1.35 bits per heavy atom. The van der Waals surface area contributed by atoms with Crippen molar-refractivity contribution in [3.63, 3.8) is 0 Å². The van der Waals surface area contributed by atoms with Crippen molar-refractivity contribution in [1.82, 2.24) is 19.9 Å². The van der Waals surface area contributed by atoms with E-state index >= 15 is 0 Å². The molecular formula is C18H23ClN4O2S. The number of ether oxygens (including phenoxy) is 1. The summed E-state index contributed by atoms with van der Waals surface area (Å²) in [4.78, 5) is 20.8. The summed E-state index contributed by atoms with van der Waals surface area (Å²) in [6, 6.07) is 0.401.